The fourth-order valence-electron chi connectivity index (χ4n) is 5.13. The molecular weight excluding hydrogens is 329 g/mol. The molecule has 0 bridgehead atoms. The number of nitrogens with one attached hydrogen (secondary N) is 3. The molecule has 4 rings (SSSR count). The van der Waals surface area contributed by atoms with Crippen LogP contribution in [0, 0.1) is 24.6 Å². The van der Waals surface area contributed by atoms with Crippen molar-refractivity contribution in [3.63, 3.8) is 0 Å². The Morgan fingerprint density at radius 3 is 2.73 bits per heavy atom. The van der Waals surface area contributed by atoms with Crippen LogP contribution in [0.25, 0.3) is 0 Å². The van der Waals surface area contributed by atoms with Crippen LogP contribution in [0.5, 0.6) is 0 Å². The Hall–Kier alpha value is -1.62. The number of piperidine rings is 1. The number of rotatable bonds is 3. The van der Waals surface area contributed by atoms with Crippen molar-refractivity contribution >= 4 is 11.6 Å². The molecule has 1 aliphatic carbocycles. The summed E-state index contributed by atoms with van der Waals surface area (Å²) < 4.78 is 14.0. The summed E-state index contributed by atoms with van der Waals surface area (Å²) in [5.41, 5.74) is 2.46. The summed E-state index contributed by atoms with van der Waals surface area (Å²) in [4.78, 5) is 12.8. The number of fused-ring (bicyclic) bond motifs is 1. The predicted molar refractivity (Wildman–Crippen MR) is 102 cm³/mol. The smallest absolute Gasteiger partial charge is 0.243 e. The Balaban J connectivity index is 1.35. The zero-order chi connectivity index (χ0) is 18.1. The highest BCUT2D eigenvalue weighted by Crippen LogP contribution is 2.35. The molecule has 0 aromatic heterocycles. The standard InChI is InChI=1S/C21H30FN3O/c1-13-5-6-18(22)17-12-19(25-20(13)17)21(26)24-16-4-2-3-15(11-16)14-7-9-23-10-8-14/h5-6,14-16,19,23,25H,2-4,7-12H2,1H3,(H,24,26)/t15-,16-,19?/m1/s1. The number of hydrogen-bond acceptors (Lipinski definition) is 3. The molecule has 0 spiro atoms. The summed E-state index contributed by atoms with van der Waals surface area (Å²) in [7, 11) is 0. The summed E-state index contributed by atoms with van der Waals surface area (Å²) in [6, 6.07) is 3.19. The second-order valence-corrected chi connectivity index (χ2v) is 8.34. The minimum Gasteiger partial charge on any atom is -0.373 e. The number of halogens is 1. The van der Waals surface area contributed by atoms with Gasteiger partial charge in [0.05, 0.1) is 0 Å². The molecule has 1 saturated carbocycles. The predicted octanol–water partition coefficient (Wildman–Crippen LogP) is 3.15. The Bertz CT molecular complexity index is 640. The van der Waals surface area contributed by atoms with Crippen LogP contribution in [0.15, 0.2) is 12.1 Å². The Labute approximate surface area is 155 Å². The van der Waals surface area contributed by atoms with Crippen LogP contribution < -0.4 is 16.0 Å². The van der Waals surface area contributed by atoms with Gasteiger partial charge in [0.15, 0.2) is 0 Å². The molecule has 3 aliphatic rings. The van der Waals surface area contributed by atoms with Crippen molar-refractivity contribution in [1.29, 1.82) is 0 Å². The third-order valence-electron chi connectivity index (χ3n) is 6.62. The summed E-state index contributed by atoms with van der Waals surface area (Å²) in [6.07, 6.45) is 7.65. The fourth-order valence-corrected chi connectivity index (χ4v) is 5.13. The summed E-state index contributed by atoms with van der Waals surface area (Å²) in [5, 5.41) is 9.95. The molecule has 1 unspecified atom stereocenters. The number of amides is 1. The highest BCUT2D eigenvalue weighted by atomic mass is 19.1. The average molecular weight is 359 g/mol. The van der Waals surface area contributed by atoms with Gasteiger partial charge in [-0.15, -0.1) is 0 Å². The van der Waals surface area contributed by atoms with Gasteiger partial charge in [0.1, 0.15) is 11.9 Å². The highest BCUT2D eigenvalue weighted by molar-refractivity contribution is 5.88. The molecule has 1 aromatic carbocycles. The first-order chi connectivity index (χ1) is 12.6. The molecule has 3 N–H and O–H groups in total. The van der Waals surface area contributed by atoms with Crippen molar-refractivity contribution in [2.45, 2.75) is 64.0 Å². The van der Waals surface area contributed by atoms with E-state index in [1.165, 1.54) is 31.7 Å². The van der Waals surface area contributed by atoms with Crippen molar-refractivity contribution in [2.75, 3.05) is 18.4 Å². The van der Waals surface area contributed by atoms with Crippen LogP contribution in [0.4, 0.5) is 10.1 Å². The van der Waals surface area contributed by atoms with Gasteiger partial charge in [-0.1, -0.05) is 18.9 Å². The lowest BCUT2D eigenvalue weighted by Crippen LogP contribution is -2.46. The van der Waals surface area contributed by atoms with E-state index in [-0.39, 0.29) is 23.8 Å². The van der Waals surface area contributed by atoms with Crippen molar-refractivity contribution in [2.24, 2.45) is 11.8 Å². The van der Waals surface area contributed by atoms with Crippen molar-refractivity contribution in [3.05, 3.63) is 29.1 Å². The maximum atomic E-state index is 14.0. The summed E-state index contributed by atoms with van der Waals surface area (Å²) in [6.45, 7) is 4.22. The van der Waals surface area contributed by atoms with Gasteiger partial charge in [-0.3, -0.25) is 4.79 Å². The summed E-state index contributed by atoms with van der Waals surface area (Å²) >= 11 is 0. The molecule has 0 radical (unpaired) electrons. The lowest BCUT2D eigenvalue weighted by molar-refractivity contribution is -0.122. The molecule has 5 heteroatoms. The van der Waals surface area contributed by atoms with Crippen LogP contribution in [0.3, 0.4) is 0 Å². The molecule has 2 heterocycles. The van der Waals surface area contributed by atoms with E-state index in [0.29, 0.717) is 12.0 Å². The lowest BCUT2D eigenvalue weighted by Gasteiger charge is -2.37. The van der Waals surface area contributed by atoms with Crippen LogP contribution >= 0.6 is 0 Å². The van der Waals surface area contributed by atoms with Crippen LogP contribution in [-0.4, -0.2) is 31.1 Å². The number of hydrogen-bond donors (Lipinski definition) is 3. The zero-order valence-corrected chi connectivity index (χ0v) is 15.6. The maximum absolute atomic E-state index is 14.0. The first-order valence-corrected chi connectivity index (χ1v) is 10.2. The molecule has 3 atom stereocenters. The van der Waals surface area contributed by atoms with E-state index in [0.717, 1.165) is 49.0 Å². The zero-order valence-electron chi connectivity index (χ0n) is 15.6. The van der Waals surface area contributed by atoms with Crippen molar-refractivity contribution < 1.29 is 9.18 Å². The van der Waals surface area contributed by atoms with Crippen LogP contribution in [0.2, 0.25) is 0 Å². The van der Waals surface area contributed by atoms with Gasteiger partial charge in [-0.2, -0.15) is 0 Å². The monoisotopic (exact) mass is 359 g/mol. The first-order valence-electron chi connectivity index (χ1n) is 10.2. The fraction of sp³-hybridized carbons (Fsp3) is 0.667. The van der Waals surface area contributed by atoms with E-state index in [1.54, 1.807) is 6.07 Å². The second-order valence-electron chi connectivity index (χ2n) is 8.34. The van der Waals surface area contributed by atoms with Gasteiger partial charge >= 0.3 is 0 Å². The molecule has 142 valence electrons. The van der Waals surface area contributed by atoms with Gasteiger partial charge in [0.25, 0.3) is 0 Å². The molecule has 2 fully saturated rings. The molecular formula is C21H30FN3O. The third kappa shape index (κ3) is 3.59. The molecule has 1 saturated heterocycles. The number of anilines is 1. The quantitative estimate of drug-likeness (QED) is 0.777. The minimum atomic E-state index is -0.347. The van der Waals surface area contributed by atoms with Gasteiger partial charge in [0.2, 0.25) is 5.91 Å². The van der Waals surface area contributed by atoms with E-state index in [1.807, 2.05) is 6.92 Å². The highest BCUT2D eigenvalue weighted by Gasteiger charge is 2.34. The van der Waals surface area contributed by atoms with Crippen molar-refractivity contribution in [1.82, 2.24) is 10.6 Å². The number of carbonyl (C=O) groups is 1. The SMILES string of the molecule is Cc1ccc(F)c2c1NC(C(=O)N[C@@H]1CCC[C@@H](C3CCNCC3)C1)C2. The Morgan fingerprint density at radius 2 is 1.96 bits per heavy atom. The molecule has 1 amide bonds. The molecule has 2 aliphatic heterocycles. The van der Waals surface area contributed by atoms with Crippen LogP contribution in [0.1, 0.15) is 49.7 Å². The average Bonchev–Trinajstić information content (AvgIpc) is 3.13. The Morgan fingerprint density at radius 1 is 1.15 bits per heavy atom. The Kier molecular flexibility index (Phi) is 5.16. The number of carbonyl (C=O) groups excluding carboxylic acids is 1. The van der Waals surface area contributed by atoms with Gasteiger partial charge in [0, 0.05) is 23.7 Å². The van der Waals surface area contributed by atoms with E-state index < -0.39 is 0 Å². The van der Waals surface area contributed by atoms with Gasteiger partial charge in [-0.25, -0.2) is 4.39 Å². The molecule has 26 heavy (non-hydrogen) atoms. The molecule has 4 nitrogen and oxygen atoms in total. The van der Waals surface area contributed by atoms with E-state index >= 15 is 0 Å². The topological polar surface area (TPSA) is 53.2 Å². The lowest BCUT2D eigenvalue weighted by atomic mass is 9.74. The van der Waals surface area contributed by atoms with E-state index in [2.05, 4.69) is 16.0 Å². The third-order valence-corrected chi connectivity index (χ3v) is 6.62. The van der Waals surface area contributed by atoms with Crippen LogP contribution in [-0.2, 0) is 11.2 Å². The second kappa shape index (κ2) is 7.55. The molecule has 1 aromatic rings. The first kappa shape index (κ1) is 17.8. The van der Waals surface area contributed by atoms with E-state index in [4.69, 9.17) is 0 Å². The van der Waals surface area contributed by atoms with E-state index in [9.17, 15) is 9.18 Å². The number of benzene rings is 1. The van der Waals surface area contributed by atoms with Gasteiger partial charge in [-0.05, 0) is 69.2 Å². The minimum absolute atomic E-state index is 0.0240. The normalized spacial score (nSPS) is 29.1. The van der Waals surface area contributed by atoms with Crippen molar-refractivity contribution in [3.8, 4) is 0 Å². The largest absolute Gasteiger partial charge is 0.373 e. The number of aryl methyl sites for hydroxylation is 1. The van der Waals surface area contributed by atoms with Gasteiger partial charge < -0.3 is 16.0 Å². The maximum Gasteiger partial charge on any atom is 0.243 e. The summed E-state index contributed by atoms with van der Waals surface area (Å²) in [5.74, 6) is 1.36.